The molecule has 0 aliphatic carbocycles. The van der Waals surface area contributed by atoms with Gasteiger partial charge in [-0.1, -0.05) is 46.3 Å². The molecule has 5 heteroatoms. The molecule has 0 atom stereocenters. The van der Waals surface area contributed by atoms with E-state index in [2.05, 4.69) is 62.1 Å². The van der Waals surface area contributed by atoms with Gasteiger partial charge in [-0.15, -0.1) is 0 Å². The second kappa shape index (κ2) is 6.99. The van der Waals surface area contributed by atoms with Crippen LogP contribution in [0.25, 0.3) is 21.7 Å². The highest BCUT2D eigenvalue weighted by Gasteiger charge is 2.20. The highest BCUT2D eigenvalue weighted by Crippen LogP contribution is 2.32. The van der Waals surface area contributed by atoms with E-state index in [-0.39, 0.29) is 5.63 Å². The smallest absolute Gasteiger partial charge is 0.338 e. The Morgan fingerprint density at radius 3 is 2.29 bits per heavy atom. The summed E-state index contributed by atoms with van der Waals surface area (Å²) >= 11 is 3.49. The molecule has 0 unspecified atom stereocenters. The van der Waals surface area contributed by atoms with Gasteiger partial charge in [0.1, 0.15) is 5.58 Å². The van der Waals surface area contributed by atoms with Crippen molar-refractivity contribution in [2.24, 2.45) is 0 Å². The van der Waals surface area contributed by atoms with Gasteiger partial charge in [0.05, 0.1) is 5.69 Å². The average molecular weight is 435 g/mol. The Morgan fingerprint density at radius 1 is 0.786 bits per heavy atom. The summed E-state index contributed by atoms with van der Waals surface area (Å²) in [5.74, 6) is 0. The molecule has 4 nitrogen and oxygen atoms in total. The summed E-state index contributed by atoms with van der Waals surface area (Å²) in [7, 11) is 0. The molecule has 28 heavy (non-hydrogen) atoms. The highest BCUT2D eigenvalue weighted by atomic mass is 79.9. The molecule has 1 aromatic heterocycles. The molecule has 0 saturated carbocycles. The summed E-state index contributed by atoms with van der Waals surface area (Å²) in [4.78, 5) is 17.0. The molecule has 140 valence electrons. The molecule has 0 bridgehead atoms. The van der Waals surface area contributed by atoms with Crippen LogP contribution in [0, 0.1) is 0 Å². The third-order valence-corrected chi connectivity index (χ3v) is 5.95. The first-order chi connectivity index (χ1) is 13.7. The summed E-state index contributed by atoms with van der Waals surface area (Å²) in [6.45, 7) is 3.55. The third kappa shape index (κ3) is 3.06. The first-order valence-corrected chi connectivity index (χ1v) is 10.2. The molecule has 0 amide bonds. The number of anilines is 2. The fourth-order valence-corrected chi connectivity index (χ4v) is 4.26. The van der Waals surface area contributed by atoms with Gasteiger partial charge < -0.3 is 14.2 Å². The summed E-state index contributed by atoms with van der Waals surface area (Å²) in [6, 6.07) is 22.2. The largest absolute Gasteiger partial charge is 0.422 e. The Bertz CT molecular complexity index is 1210. The van der Waals surface area contributed by atoms with Gasteiger partial charge in [0.2, 0.25) is 0 Å². The van der Waals surface area contributed by atoms with Crippen molar-refractivity contribution in [1.29, 1.82) is 0 Å². The minimum Gasteiger partial charge on any atom is -0.422 e. The van der Waals surface area contributed by atoms with Crippen molar-refractivity contribution in [3.63, 3.8) is 0 Å². The van der Waals surface area contributed by atoms with Crippen molar-refractivity contribution in [2.45, 2.75) is 0 Å². The zero-order valence-electron chi connectivity index (χ0n) is 15.3. The van der Waals surface area contributed by atoms with E-state index in [4.69, 9.17) is 4.42 Å². The molecule has 3 aromatic carbocycles. The van der Waals surface area contributed by atoms with Crippen molar-refractivity contribution >= 4 is 49.0 Å². The number of benzene rings is 3. The van der Waals surface area contributed by atoms with Crippen molar-refractivity contribution in [3.8, 4) is 0 Å². The predicted octanol–water partition coefficient (Wildman–Crippen LogP) is 5.04. The van der Waals surface area contributed by atoms with Crippen LogP contribution in [0.4, 0.5) is 11.4 Å². The van der Waals surface area contributed by atoms with E-state index in [0.717, 1.165) is 52.5 Å². The van der Waals surface area contributed by atoms with Crippen LogP contribution in [0.1, 0.15) is 0 Å². The fourth-order valence-electron chi connectivity index (χ4n) is 3.99. The van der Waals surface area contributed by atoms with Gasteiger partial charge in [-0.05, 0) is 35.7 Å². The molecule has 1 fully saturated rings. The number of hydrogen-bond acceptors (Lipinski definition) is 4. The van der Waals surface area contributed by atoms with Crippen LogP contribution in [-0.2, 0) is 0 Å². The van der Waals surface area contributed by atoms with Gasteiger partial charge in [0.25, 0.3) is 0 Å². The number of nitrogens with zero attached hydrogens (tertiary/aromatic N) is 2. The lowest BCUT2D eigenvalue weighted by Crippen LogP contribution is -2.46. The zero-order chi connectivity index (χ0) is 19.1. The Balaban J connectivity index is 1.49. The van der Waals surface area contributed by atoms with Crippen molar-refractivity contribution < 1.29 is 4.42 Å². The van der Waals surface area contributed by atoms with Gasteiger partial charge >= 0.3 is 5.63 Å². The SMILES string of the molecule is O=c1cc(N2CCN(c3ccc(Br)cc3)CC2)c2ccc3ccccc3c2o1. The normalized spacial score (nSPS) is 14.8. The maximum Gasteiger partial charge on any atom is 0.338 e. The van der Waals surface area contributed by atoms with Gasteiger partial charge in [0, 0.05) is 53.2 Å². The maximum atomic E-state index is 12.3. The summed E-state index contributed by atoms with van der Waals surface area (Å²) < 4.78 is 6.70. The Kier molecular flexibility index (Phi) is 4.32. The number of fused-ring (bicyclic) bond motifs is 3. The van der Waals surface area contributed by atoms with E-state index in [1.807, 2.05) is 24.3 Å². The minimum atomic E-state index is -0.297. The van der Waals surface area contributed by atoms with Crippen LogP contribution in [0.15, 0.2) is 80.4 Å². The molecular formula is C23H19BrN2O2. The number of piperazine rings is 1. The topological polar surface area (TPSA) is 36.7 Å². The van der Waals surface area contributed by atoms with Crippen molar-refractivity contribution in [1.82, 2.24) is 0 Å². The molecule has 1 aliphatic rings. The van der Waals surface area contributed by atoms with E-state index in [9.17, 15) is 4.79 Å². The molecule has 0 radical (unpaired) electrons. The monoisotopic (exact) mass is 434 g/mol. The lowest BCUT2D eigenvalue weighted by atomic mass is 10.1. The van der Waals surface area contributed by atoms with Crippen LogP contribution in [0.5, 0.6) is 0 Å². The minimum absolute atomic E-state index is 0.297. The summed E-state index contributed by atoms with van der Waals surface area (Å²) in [6.07, 6.45) is 0. The van der Waals surface area contributed by atoms with Crippen LogP contribution in [0.3, 0.4) is 0 Å². The summed E-state index contributed by atoms with van der Waals surface area (Å²) in [5.41, 5.74) is 2.57. The van der Waals surface area contributed by atoms with Crippen LogP contribution >= 0.6 is 15.9 Å². The molecule has 1 saturated heterocycles. The molecule has 5 rings (SSSR count). The maximum absolute atomic E-state index is 12.3. The molecule has 4 aromatic rings. The summed E-state index contributed by atoms with van der Waals surface area (Å²) in [5, 5.41) is 3.05. The van der Waals surface area contributed by atoms with Crippen LogP contribution in [0.2, 0.25) is 0 Å². The lowest BCUT2D eigenvalue weighted by Gasteiger charge is -2.37. The standard InChI is InChI=1S/C23H19BrN2O2/c24-17-6-8-18(9-7-17)25-11-13-26(14-12-25)21-15-22(27)28-23-19-4-2-1-3-16(19)5-10-20(21)23/h1-10,15H,11-14H2. The molecule has 1 aliphatic heterocycles. The number of halogens is 1. The average Bonchev–Trinajstić information content (AvgIpc) is 2.74. The first kappa shape index (κ1) is 17.3. The molecular weight excluding hydrogens is 416 g/mol. The van der Waals surface area contributed by atoms with E-state index in [1.54, 1.807) is 6.07 Å². The second-order valence-corrected chi connectivity index (χ2v) is 7.98. The van der Waals surface area contributed by atoms with Gasteiger partial charge in [0.15, 0.2) is 0 Å². The van der Waals surface area contributed by atoms with Gasteiger partial charge in [-0.2, -0.15) is 0 Å². The molecule has 0 spiro atoms. The Hall–Kier alpha value is -2.79. The Labute approximate surface area is 171 Å². The molecule has 2 heterocycles. The Morgan fingerprint density at radius 2 is 1.50 bits per heavy atom. The predicted molar refractivity (Wildman–Crippen MR) is 119 cm³/mol. The van der Waals surface area contributed by atoms with Crippen LogP contribution < -0.4 is 15.4 Å². The number of rotatable bonds is 2. The third-order valence-electron chi connectivity index (χ3n) is 5.42. The fraction of sp³-hybridized carbons (Fsp3) is 0.174. The van der Waals surface area contributed by atoms with Gasteiger partial charge in [-0.25, -0.2) is 4.79 Å². The highest BCUT2D eigenvalue weighted by molar-refractivity contribution is 9.10. The zero-order valence-corrected chi connectivity index (χ0v) is 16.9. The number of hydrogen-bond donors (Lipinski definition) is 0. The van der Waals surface area contributed by atoms with E-state index >= 15 is 0 Å². The van der Waals surface area contributed by atoms with E-state index in [0.29, 0.717) is 5.58 Å². The van der Waals surface area contributed by atoms with Crippen molar-refractivity contribution in [3.05, 3.63) is 81.6 Å². The van der Waals surface area contributed by atoms with Crippen molar-refractivity contribution in [2.75, 3.05) is 36.0 Å². The lowest BCUT2D eigenvalue weighted by molar-refractivity contribution is 0.562. The van der Waals surface area contributed by atoms with E-state index in [1.165, 1.54) is 5.69 Å². The van der Waals surface area contributed by atoms with Gasteiger partial charge in [-0.3, -0.25) is 0 Å². The molecule has 0 N–H and O–H groups in total. The van der Waals surface area contributed by atoms with E-state index < -0.39 is 0 Å². The second-order valence-electron chi connectivity index (χ2n) is 7.06. The quantitative estimate of drug-likeness (QED) is 0.327. The van der Waals surface area contributed by atoms with Crippen LogP contribution in [-0.4, -0.2) is 26.2 Å². The first-order valence-electron chi connectivity index (χ1n) is 9.40.